The van der Waals surface area contributed by atoms with Gasteiger partial charge in [-0.2, -0.15) is 0 Å². The maximum Gasteiger partial charge on any atom is 0.513 e. The Morgan fingerprint density at radius 1 is 0.846 bits per heavy atom. The van der Waals surface area contributed by atoms with Gasteiger partial charge in [-0.15, -0.1) is 0 Å². The van der Waals surface area contributed by atoms with Crippen molar-refractivity contribution in [1.29, 1.82) is 0 Å². The Kier molecular flexibility index (Phi) is 5.87. The van der Waals surface area contributed by atoms with Crippen molar-refractivity contribution in [2.45, 2.75) is 19.3 Å². The van der Waals surface area contributed by atoms with E-state index < -0.39 is 17.5 Å². The number of hydrogen-bond donors (Lipinski definition) is 0. The van der Waals surface area contributed by atoms with Crippen LogP contribution in [-0.4, -0.2) is 33.5 Å². The summed E-state index contributed by atoms with van der Waals surface area (Å²) in [7, 11) is 4.08. The van der Waals surface area contributed by atoms with Gasteiger partial charge in [-0.1, -0.05) is 32.0 Å². The van der Waals surface area contributed by atoms with Gasteiger partial charge in [-0.3, -0.25) is 0 Å². The molecule has 138 valence electrons. The molecule has 0 radical (unpaired) electrons. The van der Waals surface area contributed by atoms with E-state index in [4.69, 9.17) is 14.2 Å². The lowest BCUT2D eigenvalue weighted by Crippen LogP contribution is -2.20. The van der Waals surface area contributed by atoms with Gasteiger partial charge in [0.1, 0.15) is 17.1 Å². The summed E-state index contributed by atoms with van der Waals surface area (Å²) in [5.41, 5.74) is 1.65. The average molecular weight is 358 g/mol. The Morgan fingerprint density at radius 2 is 1.46 bits per heavy atom. The van der Waals surface area contributed by atoms with E-state index in [0.29, 0.717) is 0 Å². The first-order valence-corrected chi connectivity index (χ1v) is 7.96. The summed E-state index contributed by atoms with van der Waals surface area (Å²) < 4.78 is 19.5. The summed E-state index contributed by atoms with van der Waals surface area (Å²) in [6.45, 7) is 4.07. The first kappa shape index (κ1) is 19.3. The van der Waals surface area contributed by atoms with Crippen LogP contribution in [0.25, 0.3) is 0 Å². The van der Waals surface area contributed by atoms with Crippen LogP contribution in [0.2, 0.25) is 0 Å². The summed E-state index contributed by atoms with van der Waals surface area (Å²) in [5.74, 6) is 0.246. The molecular formula is C20H22O6. The molecule has 0 aliphatic carbocycles. The highest BCUT2D eigenvalue weighted by Crippen LogP contribution is 2.35. The molecule has 6 nitrogen and oxygen atoms in total. The van der Waals surface area contributed by atoms with Crippen LogP contribution < -0.4 is 9.47 Å². The van der Waals surface area contributed by atoms with Crippen LogP contribution in [0, 0.1) is 0 Å². The minimum Gasteiger partial charge on any atom is -0.497 e. The lowest BCUT2D eigenvalue weighted by molar-refractivity contribution is 0.0595. The third-order valence-corrected chi connectivity index (χ3v) is 4.28. The quantitative estimate of drug-likeness (QED) is 0.595. The van der Waals surface area contributed by atoms with Crippen LogP contribution >= 0.6 is 0 Å². The van der Waals surface area contributed by atoms with Crippen LogP contribution in [0.15, 0.2) is 42.5 Å². The SMILES string of the molecule is COC(=O)Oc1ccc(C(C)(C)c2ccc(OC)cc2)cc1C(=O)OC. The molecule has 0 aromatic heterocycles. The molecule has 0 spiro atoms. The third kappa shape index (κ3) is 3.96. The molecule has 0 bridgehead atoms. The maximum absolute atomic E-state index is 12.1. The van der Waals surface area contributed by atoms with E-state index in [2.05, 4.69) is 4.74 Å². The minimum atomic E-state index is -0.905. The van der Waals surface area contributed by atoms with E-state index in [1.165, 1.54) is 14.2 Å². The Bertz CT molecular complexity index is 792. The molecule has 0 heterocycles. The average Bonchev–Trinajstić information content (AvgIpc) is 2.67. The number of benzene rings is 2. The van der Waals surface area contributed by atoms with Gasteiger partial charge in [0.15, 0.2) is 0 Å². The number of rotatable bonds is 5. The Morgan fingerprint density at radius 3 is 2.00 bits per heavy atom. The first-order chi connectivity index (χ1) is 12.3. The van der Waals surface area contributed by atoms with Gasteiger partial charge < -0.3 is 18.9 Å². The van der Waals surface area contributed by atoms with E-state index in [1.807, 2.05) is 38.1 Å². The minimum absolute atomic E-state index is 0.0815. The predicted molar refractivity (Wildman–Crippen MR) is 95.9 cm³/mol. The van der Waals surface area contributed by atoms with Crippen molar-refractivity contribution < 1.29 is 28.5 Å². The van der Waals surface area contributed by atoms with E-state index >= 15 is 0 Å². The molecule has 0 saturated heterocycles. The van der Waals surface area contributed by atoms with Gasteiger partial charge in [0.25, 0.3) is 0 Å². The highest BCUT2D eigenvalue weighted by molar-refractivity contribution is 5.93. The fraction of sp³-hybridized carbons (Fsp3) is 0.300. The molecule has 0 N–H and O–H groups in total. The summed E-state index contributed by atoms with van der Waals surface area (Å²) in [4.78, 5) is 23.5. The summed E-state index contributed by atoms with van der Waals surface area (Å²) >= 11 is 0. The van der Waals surface area contributed by atoms with Crippen LogP contribution in [0.4, 0.5) is 4.79 Å². The molecule has 2 rings (SSSR count). The van der Waals surface area contributed by atoms with Gasteiger partial charge in [-0.05, 0) is 35.4 Å². The summed E-state index contributed by atoms with van der Waals surface area (Å²) in [5, 5.41) is 0. The molecule has 0 unspecified atom stereocenters. The number of hydrogen-bond acceptors (Lipinski definition) is 6. The Hall–Kier alpha value is -3.02. The van der Waals surface area contributed by atoms with Crippen LogP contribution in [-0.2, 0) is 14.9 Å². The lowest BCUT2D eigenvalue weighted by Gasteiger charge is -2.27. The topological polar surface area (TPSA) is 71.1 Å². The van der Waals surface area contributed by atoms with Crippen LogP contribution in [0.3, 0.4) is 0 Å². The number of esters is 1. The van der Waals surface area contributed by atoms with Gasteiger partial charge in [0, 0.05) is 5.41 Å². The van der Waals surface area contributed by atoms with E-state index in [-0.39, 0.29) is 11.3 Å². The summed E-state index contributed by atoms with van der Waals surface area (Å²) in [6, 6.07) is 12.7. The molecule has 2 aromatic rings. The molecule has 0 atom stereocenters. The standard InChI is InChI=1S/C20H22O6/c1-20(2,13-6-9-15(23-3)10-7-13)14-8-11-17(26-19(22)25-5)16(12-14)18(21)24-4/h6-12H,1-5H3. The molecule has 0 fully saturated rings. The first-order valence-electron chi connectivity index (χ1n) is 7.96. The molecule has 2 aromatic carbocycles. The second-order valence-corrected chi connectivity index (χ2v) is 6.11. The second-order valence-electron chi connectivity index (χ2n) is 6.11. The van der Waals surface area contributed by atoms with Crippen molar-refractivity contribution in [3.8, 4) is 11.5 Å². The highest BCUT2D eigenvalue weighted by atomic mass is 16.7. The fourth-order valence-corrected chi connectivity index (χ4v) is 2.58. The summed E-state index contributed by atoms with van der Waals surface area (Å²) in [6.07, 6.45) is -0.905. The van der Waals surface area contributed by atoms with E-state index in [1.54, 1.807) is 25.3 Å². The van der Waals surface area contributed by atoms with Crippen molar-refractivity contribution in [2.75, 3.05) is 21.3 Å². The van der Waals surface area contributed by atoms with Gasteiger partial charge >= 0.3 is 12.1 Å². The maximum atomic E-state index is 12.1. The van der Waals surface area contributed by atoms with Crippen molar-refractivity contribution in [2.24, 2.45) is 0 Å². The number of methoxy groups -OCH3 is 3. The molecule has 0 aliphatic rings. The largest absolute Gasteiger partial charge is 0.513 e. The number of ether oxygens (including phenoxy) is 4. The predicted octanol–water partition coefficient (Wildman–Crippen LogP) is 3.95. The van der Waals surface area contributed by atoms with Crippen molar-refractivity contribution in [1.82, 2.24) is 0 Å². The second kappa shape index (κ2) is 7.91. The molecule has 26 heavy (non-hydrogen) atoms. The zero-order chi connectivity index (χ0) is 19.3. The molecule has 0 saturated carbocycles. The number of carbonyl (C=O) groups is 2. The number of carbonyl (C=O) groups excluding carboxylic acids is 2. The van der Waals surface area contributed by atoms with Crippen LogP contribution in [0.5, 0.6) is 11.5 Å². The monoisotopic (exact) mass is 358 g/mol. The zero-order valence-corrected chi connectivity index (χ0v) is 15.5. The van der Waals surface area contributed by atoms with Crippen molar-refractivity contribution in [3.05, 3.63) is 59.2 Å². The van der Waals surface area contributed by atoms with Crippen molar-refractivity contribution >= 4 is 12.1 Å². The van der Waals surface area contributed by atoms with Gasteiger partial charge in [0.05, 0.1) is 21.3 Å². The fourth-order valence-electron chi connectivity index (χ4n) is 2.58. The zero-order valence-electron chi connectivity index (χ0n) is 15.5. The molecule has 0 aliphatic heterocycles. The third-order valence-electron chi connectivity index (χ3n) is 4.28. The molecule has 6 heteroatoms. The smallest absolute Gasteiger partial charge is 0.497 e. The van der Waals surface area contributed by atoms with Gasteiger partial charge in [-0.25, -0.2) is 9.59 Å². The molecule has 0 amide bonds. The molecular weight excluding hydrogens is 336 g/mol. The lowest BCUT2D eigenvalue weighted by atomic mass is 9.77. The van der Waals surface area contributed by atoms with E-state index in [9.17, 15) is 9.59 Å². The van der Waals surface area contributed by atoms with Gasteiger partial charge in [0.2, 0.25) is 0 Å². The normalized spacial score (nSPS) is 10.8. The van der Waals surface area contributed by atoms with Crippen molar-refractivity contribution in [3.63, 3.8) is 0 Å². The Labute approximate surface area is 152 Å². The van der Waals surface area contributed by atoms with E-state index in [0.717, 1.165) is 16.9 Å². The van der Waals surface area contributed by atoms with Crippen LogP contribution in [0.1, 0.15) is 35.3 Å². The Balaban J connectivity index is 2.47. The highest BCUT2D eigenvalue weighted by Gasteiger charge is 2.26.